The van der Waals surface area contributed by atoms with Crippen LogP contribution in [0.5, 0.6) is 11.5 Å². The van der Waals surface area contributed by atoms with Crippen LogP contribution in [0.25, 0.3) is 6.08 Å². The van der Waals surface area contributed by atoms with E-state index in [1.807, 2.05) is 60.7 Å². The lowest BCUT2D eigenvalue weighted by Gasteiger charge is -2.16. The summed E-state index contributed by atoms with van der Waals surface area (Å²) in [5.41, 5.74) is 3.23. The number of rotatable bonds is 8. The van der Waals surface area contributed by atoms with Gasteiger partial charge in [-0.25, -0.2) is 4.99 Å². The molecule has 0 atom stereocenters. The minimum atomic E-state index is -0.148. The molecule has 0 aliphatic carbocycles. The Labute approximate surface area is 265 Å². The van der Waals surface area contributed by atoms with Crippen molar-refractivity contribution in [2.75, 3.05) is 7.11 Å². The maximum Gasteiger partial charge on any atom is 0.267 e. The van der Waals surface area contributed by atoms with E-state index < -0.39 is 0 Å². The molecule has 0 spiro atoms. The first kappa shape index (κ1) is 29.5. The van der Waals surface area contributed by atoms with E-state index >= 15 is 0 Å². The van der Waals surface area contributed by atoms with Gasteiger partial charge in [0.05, 0.1) is 33.7 Å². The van der Waals surface area contributed by atoms with E-state index in [1.165, 1.54) is 11.8 Å². The van der Waals surface area contributed by atoms with Crippen molar-refractivity contribution in [1.29, 1.82) is 0 Å². The number of thioether (sulfide) groups is 1. The second-order valence-electron chi connectivity index (χ2n) is 8.92. The van der Waals surface area contributed by atoms with Crippen LogP contribution in [0.3, 0.4) is 0 Å². The molecule has 0 N–H and O–H groups in total. The molecule has 4 aromatic rings. The summed E-state index contributed by atoms with van der Waals surface area (Å²) in [6, 6.07) is 26.0. The Balaban J connectivity index is 1.40. The first-order chi connectivity index (χ1) is 19.8. The average molecular weight is 689 g/mol. The van der Waals surface area contributed by atoms with E-state index in [-0.39, 0.29) is 12.5 Å². The zero-order chi connectivity index (χ0) is 28.9. The molecule has 1 saturated heterocycles. The lowest BCUT2D eigenvalue weighted by molar-refractivity contribution is -0.122. The fourth-order valence-corrected chi connectivity index (χ4v) is 6.45. The third-order valence-electron chi connectivity index (χ3n) is 6.07. The van der Waals surface area contributed by atoms with Gasteiger partial charge >= 0.3 is 0 Å². The second kappa shape index (κ2) is 13.4. The maximum absolute atomic E-state index is 13.6. The number of ether oxygens (including phenoxy) is 2. The third kappa shape index (κ3) is 7.29. The molecule has 208 valence electrons. The lowest BCUT2D eigenvalue weighted by Crippen LogP contribution is -2.28. The van der Waals surface area contributed by atoms with Crippen LogP contribution in [0.2, 0.25) is 15.1 Å². The molecule has 0 radical (unpaired) electrons. The van der Waals surface area contributed by atoms with Crippen LogP contribution in [0.1, 0.15) is 16.7 Å². The first-order valence-electron chi connectivity index (χ1n) is 12.3. The summed E-state index contributed by atoms with van der Waals surface area (Å²) >= 11 is 23.8. The summed E-state index contributed by atoms with van der Waals surface area (Å²) < 4.78 is 11.9. The van der Waals surface area contributed by atoms with Gasteiger partial charge in [-0.3, -0.25) is 9.69 Å². The van der Waals surface area contributed by atoms with Gasteiger partial charge in [0, 0.05) is 15.6 Å². The number of carbonyl (C=O) groups is 1. The van der Waals surface area contributed by atoms with Crippen LogP contribution in [0.4, 0.5) is 5.69 Å². The van der Waals surface area contributed by atoms with Gasteiger partial charge in [0.15, 0.2) is 10.9 Å². The Morgan fingerprint density at radius 3 is 2.39 bits per heavy atom. The Morgan fingerprint density at radius 2 is 1.71 bits per heavy atom. The molecule has 0 unspecified atom stereocenters. The lowest BCUT2D eigenvalue weighted by atomic mass is 10.2. The van der Waals surface area contributed by atoms with Gasteiger partial charge in [-0.15, -0.1) is 0 Å². The minimum Gasteiger partial charge on any atom is -0.497 e. The van der Waals surface area contributed by atoms with Gasteiger partial charge in [-0.05, 0) is 93.4 Å². The number of hydrogen-bond donors (Lipinski definition) is 0. The highest BCUT2D eigenvalue weighted by atomic mass is 79.9. The molecule has 1 amide bonds. The highest BCUT2D eigenvalue weighted by Crippen LogP contribution is 2.39. The van der Waals surface area contributed by atoms with Crippen LogP contribution in [0, 0.1) is 0 Å². The van der Waals surface area contributed by atoms with Gasteiger partial charge in [-0.1, -0.05) is 71.2 Å². The largest absolute Gasteiger partial charge is 0.497 e. The number of hydrogen-bond acceptors (Lipinski definition) is 5. The molecule has 0 aromatic heterocycles. The van der Waals surface area contributed by atoms with E-state index in [0.29, 0.717) is 41.9 Å². The van der Waals surface area contributed by atoms with E-state index in [2.05, 4.69) is 15.9 Å². The summed E-state index contributed by atoms with van der Waals surface area (Å²) in [5, 5.41) is 2.04. The van der Waals surface area contributed by atoms with Crippen molar-refractivity contribution in [1.82, 2.24) is 4.90 Å². The van der Waals surface area contributed by atoms with Crippen molar-refractivity contribution in [2.24, 2.45) is 4.99 Å². The van der Waals surface area contributed by atoms with Crippen molar-refractivity contribution in [3.05, 3.63) is 126 Å². The van der Waals surface area contributed by atoms with E-state index in [9.17, 15) is 4.79 Å². The van der Waals surface area contributed by atoms with E-state index in [1.54, 1.807) is 42.4 Å². The Morgan fingerprint density at radius 1 is 0.951 bits per heavy atom. The molecule has 1 heterocycles. The smallest absolute Gasteiger partial charge is 0.267 e. The van der Waals surface area contributed by atoms with Crippen LogP contribution in [0.15, 0.2) is 99.3 Å². The van der Waals surface area contributed by atoms with Crippen molar-refractivity contribution in [3.63, 3.8) is 0 Å². The third-order valence-corrected chi connectivity index (χ3v) is 8.54. The summed E-state index contributed by atoms with van der Waals surface area (Å²) in [6.45, 7) is 0.575. The summed E-state index contributed by atoms with van der Waals surface area (Å²) in [4.78, 5) is 20.6. The van der Waals surface area contributed by atoms with Crippen molar-refractivity contribution in [3.8, 4) is 11.5 Å². The standard InChI is InChI=1S/C31H22BrCl3N2O3S/c1-39-24-11-7-19(8-12-24)17-37-30(38)28(41-31(37)36-23-5-3-2-4-6-23)15-20-13-25(32)29(27(35)14-20)40-18-21-9-10-22(33)16-26(21)34/h2-16H,17-18H2,1H3/b28-15-,36-31?. The summed E-state index contributed by atoms with van der Waals surface area (Å²) in [7, 11) is 1.62. The Hall–Kier alpha value is -2.94. The topological polar surface area (TPSA) is 51.1 Å². The van der Waals surface area contributed by atoms with Gasteiger partial charge < -0.3 is 9.47 Å². The molecule has 5 rings (SSSR count). The van der Waals surface area contributed by atoms with Gasteiger partial charge in [0.1, 0.15) is 12.4 Å². The number of carbonyl (C=O) groups excluding carboxylic acids is 1. The minimum absolute atomic E-state index is 0.148. The molecule has 5 nitrogen and oxygen atoms in total. The quantitative estimate of drug-likeness (QED) is 0.173. The monoisotopic (exact) mass is 686 g/mol. The van der Waals surface area contributed by atoms with Crippen LogP contribution < -0.4 is 9.47 Å². The van der Waals surface area contributed by atoms with E-state index in [4.69, 9.17) is 49.3 Å². The van der Waals surface area contributed by atoms with E-state index in [0.717, 1.165) is 28.1 Å². The predicted molar refractivity (Wildman–Crippen MR) is 173 cm³/mol. The number of methoxy groups -OCH3 is 1. The number of amidine groups is 1. The molecule has 1 aliphatic rings. The highest BCUT2D eigenvalue weighted by Gasteiger charge is 2.33. The van der Waals surface area contributed by atoms with Crippen molar-refractivity contribution in [2.45, 2.75) is 13.2 Å². The molecule has 4 aromatic carbocycles. The fraction of sp³-hybridized carbons (Fsp3) is 0.0968. The van der Waals surface area contributed by atoms with Gasteiger partial charge in [-0.2, -0.15) is 0 Å². The number of benzene rings is 4. The molecule has 10 heteroatoms. The Bertz CT molecular complexity index is 1620. The highest BCUT2D eigenvalue weighted by molar-refractivity contribution is 9.10. The van der Waals surface area contributed by atoms with Crippen molar-refractivity contribution >= 4 is 85.3 Å². The SMILES string of the molecule is COc1ccc(CN2C(=O)/C(=C/c3cc(Cl)c(OCc4ccc(Cl)cc4Cl)c(Br)c3)SC2=Nc2ccccc2)cc1. The number of halogens is 4. The number of para-hydroxylation sites is 1. The molecule has 1 fully saturated rings. The number of aliphatic imine (C=N–C) groups is 1. The van der Waals surface area contributed by atoms with Crippen molar-refractivity contribution < 1.29 is 14.3 Å². The zero-order valence-corrected chi connectivity index (χ0v) is 26.3. The molecular formula is C31H22BrCl3N2O3S. The van der Waals surface area contributed by atoms with Crippen LogP contribution in [-0.4, -0.2) is 23.1 Å². The molecule has 0 bridgehead atoms. The summed E-state index contributed by atoms with van der Waals surface area (Å²) in [5.74, 6) is 1.07. The van der Waals surface area contributed by atoms with Crippen LogP contribution >= 0.6 is 62.5 Å². The van der Waals surface area contributed by atoms with Crippen LogP contribution in [-0.2, 0) is 17.9 Å². The average Bonchev–Trinajstić information content (AvgIpc) is 3.23. The summed E-state index contributed by atoms with van der Waals surface area (Å²) in [6.07, 6.45) is 1.80. The van der Waals surface area contributed by atoms with Gasteiger partial charge in [0.2, 0.25) is 0 Å². The molecular weight excluding hydrogens is 667 g/mol. The molecule has 0 saturated carbocycles. The zero-order valence-electron chi connectivity index (χ0n) is 21.6. The van der Waals surface area contributed by atoms with Gasteiger partial charge in [0.25, 0.3) is 5.91 Å². The second-order valence-corrected chi connectivity index (χ2v) is 12.0. The number of amides is 1. The molecule has 1 aliphatic heterocycles. The first-order valence-corrected chi connectivity index (χ1v) is 15.1. The Kier molecular flexibility index (Phi) is 9.63. The normalized spacial score (nSPS) is 15.1. The number of nitrogens with zero attached hydrogens (tertiary/aromatic N) is 2. The fourth-order valence-electron chi connectivity index (χ4n) is 4.00. The maximum atomic E-state index is 13.6. The molecule has 41 heavy (non-hydrogen) atoms. The predicted octanol–water partition coefficient (Wildman–Crippen LogP) is 9.80.